The molecule has 2 N–H and O–H groups in total. The summed E-state index contributed by atoms with van der Waals surface area (Å²) in [4.78, 5) is 0. The monoisotopic (exact) mass is 188 g/mol. The van der Waals surface area contributed by atoms with Crippen molar-refractivity contribution >= 4 is 0 Å². The van der Waals surface area contributed by atoms with Gasteiger partial charge >= 0.3 is 0 Å². The SMILES string of the molecule is CC(C)(C)C(CO)(CO)C(C)(C)C. The Morgan fingerprint density at radius 3 is 0.923 bits per heavy atom. The van der Waals surface area contributed by atoms with Crippen LogP contribution in [0.25, 0.3) is 0 Å². The first-order valence-corrected chi connectivity index (χ1v) is 4.84. The van der Waals surface area contributed by atoms with Crippen LogP contribution in [0.4, 0.5) is 0 Å². The van der Waals surface area contributed by atoms with E-state index in [-0.39, 0.29) is 24.0 Å². The van der Waals surface area contributed by atoms with Crippen LogP contribution in [0.5, 0.6) is 0 Å². The highest BCUT2D eigenvalue weighted by Gasteiger charge is 2.49. The summed E-state index contributed by atoms with van der Waals surface area (Å²) in [6.07, 6.45) is 0. The van der Waals surface area contributed by atoms with E-state index in [1.807, 2.05) is 0 Å². The number of rotatable bonds is 2. The maximum absolute atomic E-state index is 9.49. The fraction of sp³-hybridized carbons (Fsp3) is 1.00. The molecule has 0 spiro atoms. The number of hydrogen-bond donors (Lipinski definition) is 2. The molecule has 0 aromatic carbocycles. The molecular formula is C11H24O2. The zero-order valence-electron chi connectivity index (χ0n) is 9.81. The molecule has 0 amide bonds. The van der Waals surface area contributed by atoms with Gasteiger partial charge in [0.25, 0.3) is 0 Å². The quantitative estimate of drug-likeness (QED) is 0.696. The third-order valence-corrected chi connectivity index (χ3v) is 3.41. The summed E-state index contributed by atoms with van der Waals surface area (Å²) in [5.74, 6) is 0. The summed E-state index contributed by atoms with van der Waals surface area (Å²) in [7, 11) is 0. The van der Waals surface area contributed by atoms with Crippen LogP contribution in [0.1, 0.15) is 41.5 Å². The second-order valence-electron chi connectivity index (χ2n) is 5.90. The standard InChI is InChI=1S/C11H24O2/c1-9(2,3)11(7-12,8-13)10(4,5)6/h12-13H,7-8H2,1-6H3. The lowest BCUT2D eigenvalue weighted by molar-refractivity contribution is -0.110. The van der Waals surface area contributed by atoms with Gasteiger partial charge in [-0.3, -0.25) is 0 Å². The first-order valence-electron chi connectivity index (χ1n) is 4.84. The topological polar surface area (TPSA) is 40.5 Å². The first-order chi connectivity index (χ1) is 5.62. The highest BCUT2D eigenvalue weighted by molar-refractivity contribution is 4.97. The van der Waals surface area contributed by atoms with Crippen LogP contribution in [-0.2, 0) is 0 Å². The molecule has 2 heteroatoms. The zero-order valence-corrected chi connectivity index (χ0v) is 9.81. The number of aliphatic hydroxyl groups excluding tert-OH is 2. The molecule has 0 heterocycles. The lowest BCUT2D eigenvalue weighted by Crippen LogP contribution is -2.51. The van der Waals surface area contributed by atoms with E-state index in [9.17, 15) is 10.2 Å². The normalized spacial score (nSPS) is 14.8. The Morgan fingerprint density at radius 1 is 0.692 bits per heavy atom. The summed E-state index contributed by atoms with van der Waals surface area (Å²) < 4.78 is 0. The van der Waals surface area contributed by atoms with Crippen LogP contribution in [0.15, 0.2) is 0 Å². The lowest BCUT2D eigenvalue weighted by Gasteiger charge is -2.51. The summed E-state index contributed by atoms with van der Waals surface area (Å²) in [6, 6.07) is 0. The van der Waals surface area contributed by atoms with Crippen molar-refractivity contribution in [3.63, 3.8) is 0 Å². The number of aliphatic hydroxyl groups is 2. The Hall–Kier alpha value is -0.0800. The molecule has 80 valence electrons. The molecule has 0 fully saturated rings. The Balaban J connectivity index is 5.17. The summed E-state index contributed by atoms with van der Waals surface area (Å²) in [5.41, 5.74) is -0.635. The van der Waals surface area contributed by atoms with E-state index in [1.165, 1.54) is 0 Å². The van der Waals surface area contributed by atoms with Crippen molar-refractivity contribution < 1.29 is 10.2 Å². The van der Waals surface area contributed by atoms with Crippen molar-refractivity contribution in [2.75, 3.05) is 13.2 Å². The summed E-state index contributed by atoms with van der Waals surface area (Å²) >= 11 is 0. The van der Waals surface area contributed by atoms with Crippen LogP contribution >= 0.6 is 0 Å². The van der Waals surface area contributed by atoms with E-state index in [0.29, 0.717) is 0 Å². The van der Waals surface area contributed by atoms with Crippen LogP contribution in [0, 0.1) is 16.2 Å². The Labute approximate surface area is 82.0 Å². The maximum atomic E-state index is 9.49. The minimum atomic E-state index is -0.431. The molecule has 13 heavy (non-hydrogen) atoms. The van der Waals surface area contributed by atoms with E-state index < -0.39 is 5.41 Å². The van der Waals surface area contributed by atoms with E-state index in [2.05, 4.69) is 41.5 Å². The molecule has 0 aliphatic rings. The van der Waals surface area contributed by atoms with Crippen LogP contribution in [-0.4, -0.2) is 23.4 Å². The molecule has 0 aromatic heterocycles. The van der Waals surface area contributed by atoms with E-state index in [1.54, 1.807) is 0 Å². The van der Waals surface area contributed by atoms with Crippen LogP contribution < -0.4 is 0 Å². The largest absolute Gasteiger partial charge is 0.396 e. The van der Waals surface area contributed by atoms with E-state index >= 15 is 0 Å². The van der Waals surface area contributed by atoms with Gasteiger partial charge in [-0.15, -0.1) is 0 Å². The molecule has 0 aliphatic carbocycles. The van der Waals surface area contributed by atoms with Crippen molar-refractivity contribution in [2.24, 2.45) is 16.2 Å². The molecule has 0 radical (unpaired) electrons. The second-order valence-corrected chi connectivity index (χ2v) is 5.90. The van der Waals surface area contributed by atoms with Gasteiger partial charge in [0.15, 0.2) is 0 Å². The molecule has 0 saturated carbocycles. The third kappa shape index (κ3) is 2.05. The Bertz CT molecular complexity index is 140. The zero-order chi connectivity index (χ0) is 10.9. The average molecular weight is 188 g/mol. The van der Waals surface area contributed by atoms with Gasteiger partial charge in [0.1, 0.15) is 0 Å². The number of hydrogen-bond acceptors (Lipinski definition) is 2. The summed E-state index contributed by atoms with van der Waals surface area (Å²) in [5, 5.41) is 19.0. The van der Waals surface area contributed by atoms with Gasteiger partial charge in [0, 0.05) is 5.41 Å². The van der Waals surface area contributed by atoms with Crippen LogP contribution in [0.3, 0.4) is 0 Å². The molecule has 0 unspecified atom stereocenters. The molecule has 0 aliphatic heterocycles. The third-order valence-electron chi connectivity index (χ3n) is 3.41. The Morgan fingerprint density at radius 2 is 0.923 bits per heavy atom. The summed E-state index contributed by atoms with van der Waals surface area (Å²) in [6.45, 7) is 12.4. The van der Waals surface area contributed by atoms with Crippen molar-refractivity contribution in [1.29, 1.82) is 0 Å². The van der Waals surface area contributed by atoms with E-state index in [4.69, 9.17) is 0 Å². The highest BCUT2D eigenvalue weighted by Crippen LogP contribution is 2.50. The smallest absolute Gasteiger partial charge is 0.0519 e. The molecule has 0 aromatic rings. The molecule has 0 bridgehead atoms. The minimum Gasteiger partial charge on any atom is -0.396 e. The van der Waals surface area contributed by atoms with Crippen LogP contribution in [0.2, 0.25) is 0 Å². The minimum absolute atomic E-state index is 0.0243. The van der Waals surface area contributed by atoms with Crippen molar-refractivity contribution in [1.82, 2.24) is 0 Å². The predicted molar refractivity (Wildman–Crippen MR) is 55.5 cm³/mol. The molecule has 0 atom stereocenters. The van der Waals surface area contributed by atoms with Crippen molar-refractivity contribution in [3.05, 3.63) is 0 Å². The van der Waals surface area contributed by atoms with E-state index in [0.717, 1.165) is 0 Å². The molecular weight excluding hydrogens is 164 g/mol. The Kier molecular flexibility index (Phi) is 3.56. The average Bonchev–Trinajstić information content (AvgIpc) is 1.84. The van der Waals surface area contributed by atoms with Crippen molar-refractivity contribution in [3.8, 4) is 0 Å². The van der Waals surface area contributed by atoms with Gasteiger partial charge in [0.2, 0.25) is 0 Å². The second kappa shape index (κ2) is 3.58. The van der Waals surface area contributed by atoms with Gasteiger partial charge in [0.05, 0.1) is 13.2 Å². The van der Waals surface area contributed by atoms with Crippen molar-refractivity contribution in [2.45, 2.75) is 41.5 Å². The predicted octanol–water partition coefficient (Wildman–Crippen LogP) is 2.05. The van der Waals surface area contributed by atoms with Gasteiger partial charge < -0.3 is 10.2 Å². The maximum Gasteiger partial charge on any atom is 0.0519 e. The van der Waals surface area contributed by atoms with Gasteiger partial charge in [-0.2, -0.15) is 0 Å². The lowest BCUT2D eigenvalue weighted by atomic mass is 9.55. The highest BCUT2D eigenvalue weighted by atomic mass is 16.3. The molecule has 2 nitrogen and oxygen atoms in total. The fourth-order valence-electron chi connectivity index (χ4n) is 2.12. The first kappa shape index (κ1) is 12.9. The van der Waals surface area contributed by atoms with Gasteiger partial charge in [-0.25, -0.2) is 0 Å². The molecule has 0 rings (SSSR count). The fourth-order valence-corrected chi connectivity index (χ4v) is 2.12. The van der Waals surface area contributed by atoms with Gasteiger partial charge in [-0.05, 0) is 10.8 Å². The molecule has 0 saturated heterocycles. The van der Waals surface area contributed by atoms with Gasteiger partial charge in [-0.1, -0.05) is 41.5 Å².